The molecule has 0 heterocycles. The minimum atomic E-state index is 0. The van der Waals surface area contributed by atoms with Crippen LogP contribution < -0.4 is 24.8 Å². The summed E-state index contributed by atoms with van der Waals surface area (Å²) in [5.74, 6) is 2.71. The van der Waals surface area contributed by atoms with E-state index >= 15 is 0 Å². The number of nitrogens with one attached hydrogen (secondary N) is 2. The maximum Gasteiger partial charge on any atom is 0.191 e. The third kappa shape index (κ3) is 7.00. The first-order chi connectivity index (χ1) is 11.2. The molecule has 0 atom stereocenters. The van der Waals surface area contributed by atoms with Gasteiger partial charge in [-0.15, -0.1) is 24.0 Å². The molecule has 0 saturated carbocycles. The summed E-state index contributed by atoms with van der Waals surface area (Å²) in [6, 6.07) is 3.68. The van der Waals surface area contributed by atoms with Crippen molar-refractivity contribution in [1.82, 2.24) is 10.6 Å². The predicted octanol–water partition coefficient (Wildman–Crippen LogP) is 2.03. The summed E-state index contributed by atoms with van der Waals surface area (Å²) in [5, 5.41) is 6.38. The van der Waals surface area contributed by atoms with Crippen LogP contribution in [0.3, 0.4) is 0 Å². The summed E-state index contributed by atoms with van der Waals surface area (Å²) >= 11 is 0. The lowest BCUT2D eigenvalue weighted by atomic mass is 10.1. The maximum absolute atomic E-state index is 5.41. The fourth-order valence-electron chi connectivity index (χ4n) is 1.99. The monoisotopic (exact) mass is 453 g/mol. The fraction of sp³-hybridized carbons (Fsp3) is 0.562. The summed E-state index contributed by atoms with van der Waals surface area (Å²) in [7, 11) is 6.49. The fourth-order valence-corrected chi connectivity index (χ4v) is 1.99. The first kappa shape index (κ1) is 22.6. The van der Waals surface area contributed by atoms with Gasteiger partial charge in [0.2, 0.25) is 0 Å². The van der Waals surface area contributed by atoms with E-state index in [0.29, 0.717) is 36.9 Å². The van der Waals surface area contributed by atoms with E-state index < -0.39 is 0 Å². The molecule has 2 N–H and O–H groups in total. The van der Waals surface area contributed by atoms with Crippen LogP contribution in [0.25, 0.3) is 0 Å². The molecule has 0 spiro atoms. The molecule has 0 radical (unpaired) electrons. The molecule has 0 bridgehead atoms. The zero-order chi connectivity index (χ0) is 17.1. The van der Waals surface area contributed by atoms with Crippen molar-refractivity contribution >= 4 is 29.9 Å². The molecule has 8 heteroatoms. The Balaban J connectivity index is 0.00000529. The van der Waals surface area contributed by atoms with Crippen molar-refractivity contribution in [3.8, 4) is 17.2 Å². The molecule has 0 unspecified atom stereocenters. The molecule has 0 aliphatic rings. The number of nitrogens with zero attached hydrogens (tertiary/aromatic N) is 1. The van der Waals surface area contributed by atoms with E-state index in [9.17, 15) is 0 Å². The van der Waals surface area contributed by atoms with Crippen LogP contribution in [0.1, 0.15) is 12.5 Å². The molecule has 0 aliphatic carbocycles. The largest absolute Gasteiger partial charge is 0.496 e. The average Bonchev–Trinajstić information content (AvgIpc) is 2.58. The second-order valence-electron chi connectivity index (χ2n) is 4.63. The number of hydrogen-bond acceptors (Lipinski definition) is 5. The van der Waals surface area contributed by atoms with E-state index in [4.69, 9.17) is 18.9 Å². The maximum atomic E-state index is 5.41. The van der Waals surface area contributed by atoms with Crippen LogP contribution in [0.4, 0.5) is 0 Å². The van der Waals surface area contributed by atoms with E-state index in [2.05, 4.69) is 15.6 Å². The van der Waals surface area contributed by atoms with Gasteiger partial charge >= 0.3 is 0 Å². The highest BCUT2D eigenvalue weighted by Gasteiger charge is 2.11. The molecule has 0 aliphatic heterocycles. The lowest BCUT2D eigenvalue weighted by Crippen LogP contribution is -2.38. The van der Waals surface area contributed by atoms with Gasteiger partial charge in [0.1, 0.15) is 5.75 Å². The molecule has 138 valence electrons. The lowest BCUT2D eigenvalue weighted by Gasteiger charge is -2.14. The quantitative estimate of drug-likeness (QED) is 0.258. The van der Waals surface area contributed by atoms with E-state index in [1.807, 2.05) is 13.0 Å². The van der Waals surface area contributed by atoms with Crippen molar-refractivity contribution in [2.24, 2.45) is 4.99 Å². The summed E-state index contributed by atoms with van der Waals surface area (Å²) in [5.41, 5.74) is 0.911. The molecular formula is C16H28IN3O4. The minimum Gasteiger partial charge on any atom is -0.496 e. The van der Waals surface area contributed by atoms with Gasteiger partial charge in [-0.3, -0.25) is 0 Å². The van der Waals surface area contributed by atoms with Crippen LogP contribution in [-0.4, -0.2) is 54.1 Å². The Labute approximate surface area is 161 Å². The number of guanidine groups is 1. The number of ether oxygens (including phenoxy) is 4. The van der Waals surface area contributed by atoms with Crippen molar-refractivity contribution < 1.29 is 18.9 Å². The SMILES string of the molecule is CCNC(=NCc1cc(OC)c(OC)cc1OC)NCCOC.I. The van der Waals surface area contributed by atoms with Crippen LogP contribution >= 0.6 is 24.0 Å². The number of halogens is 1. The van der Waals surface area contributed by atoms with Crippen LogP contribution in [0.5, 0.6) is 17.2 Å². The van der Waals surface area contributed by atoms with E-state index in [0.717, 1.165) is 18.1 Å². The van der Waals surface area contributed by atoms with Gasteiger partial charge in [-0.1, -0.05) is 0 Å². The van der Waals surface area contributed by atoms with Crippen LogP contribution in [0, 0.1) is 0 Å². The van der Waals surface area contributed by atoms with Gasteiger partial charge < -0.3 is 29.6 Å². The first-order valence-corrected chi connectivity index (χ1v) is 7.50. The highest BCUT2D eigenvalue weighted by Crippen LogP contribution is 2.34. The summed E-state index contributed by atoms with van der Waals surface area (Å²) in [4.78, 5) is 4.56. The normalized spacial score (nSPS) is 10.6. The predicted molar refractivity (Wildman–Crippen MR) is 106 cm³/mol. The Morgan fingerprint density at radius 3 is 2.12 bits per heavy atom. The minimum absolute atomic E-state index is 0. The Morgan fingerprint density at radius 2 is 1.58 bits per heavy atom. The molecule has 1 rings (SSSR count). The van der Waals surface area contributed by atoms with Gasteiger partial charge in [0, 0.05) is 31.8 Å². The number of methoxy groups -OCH3 is 4. The van der Waals surface area contributed by atoms with Crippen LogP contribution in [0.2, 0.25) is 0 Å². The van der Waals surface area contributed by atoms with Crippen LogP contribution in [0.15, 0.2) is 17.1 Å². The number of hydrogen-bond donors (Lipinski definition) is 2. The average molecular weight is 453 g/mol. The molecule has 0 aromatic heterocycles. The Hall–Kier alpha value is -1.42. The Morgan fingerprint density at radius 1 is 0.958 bits per heavy atom. The number of aliphatic imine (C=N–C) groups is 1. The van der Waals surface area contributed by atoms with E-state index in [-0.39, 0.29) is 24.0 Å². The molecular weight excluding hydrogens is 425 g/mol. The Bertz CT molecular complexity index is 512. The van der Waals surface area contributed by atoms with E-state index in [1.54, 1.807) is 34.5 Å². The third-order valence-corrected chi connectivity index (χ3v) is 3.14. The zero-order valence-electron chi connectivity index (χ0n) is 15.0. The van der Waals surface area contributed by atoms with E-state index in [1.165, 1.54) is 0 Å². The summed E-state index contributed by atoms with van der Waals surface area (Å²) in [6.07, 6.45) is 0. The number of rotatable bonds is 9. The van der Waals surface area contributed by atoms with Gasteiger partial charge in [-0.05, 0) is 13.0 Å². The summed E-state index contributed by atoms with van der Waals surface area (Å²) in [6.45, 7) is 4.55. The first-order valence-electron chi connectivity index (χ1n) is 7.50. The van der Waals surface area contributed by atoms with Gasteiger partial charge in [0.05, 0.1) is 34.5 Å². The lowest BCUT2D eigenvalue weighted by molar-refractivity contribution is 0.203. The van der Waals surface area contributed by atoms with Gasteiger partial charge in [0.25, 0.3) is 0 Å². The molecule has 0 fully saturated rings. The molecule has 0 amide bonds. The molecule has 1 aromatic carbocycles. The van der Waals surface area contributed by atoms with Crippen molar-refractivity contribution in [3.05, 3.63) is 17.7 Å². The Kier molecular flexibility index (Phi) is 12.2. The van der Waals surface area contributed by atoms with Gasteiger partial charge in [-0.25, -0.2) is 4.99 Å². The standard InChI is InChI=1S/C16H27N3O4.HI/c1-6-17-16(18-7-8-20-2)19-11-12-9-14(22-4)15(23-5)10-13(12)21-3;/h9-10H,6-8,11H2,1-5H3,(H2,17,18,19);1H. The second-order valence-corrected chi connectivity index (χ2v) is 4.63. The van der Waals surface area contributed by atoms with Crippen molar-refractivity contribution in [3.63, 3.8) is 0 Å². The van der Waals surface area contributed by atoms with Crippen molar-refractivity contribution in [1.29, 1.82) is 0 Å². The highest BCUT2D eigenvalue weighted by molar-refractivity contribution is 14.0. The molecule has 24 heavy (non-hydrogen) atoms. The van der Waals surface area contributed by atoms with Gasteiger partial charge in [0.15, 0.2) is 17.5 Å². The van der Waals surface area contributed by atoms with Crippen molar-refractivity contribution in [2.45, 2.75) is 13.5 Å². The van der Waals surface area contributed by atoms with Crippen molar-refractivity contribution in [2.75, 3.05) is 48.1 Å². The smallest absolute Gasteiger partial charge is 0.191 e. The summed E-state index contributed by atoms with van der Waals surface area (Å²) < 4.78 is 21.1. The van der Waals surface area contributed by atoms with Gasteiger partial charge in [-0.2, -0.15) is 0 Å². The second kappa shape index (κ2) is 12.9. The molecule has 0 saturated heterocycles. The zero-order valence-corrected chi connectivity index (χ0v) is 17.3. The van der Waals surface area contributed by atoms with Crippen LogP contribution in [-0.2, 0) is 11.3 Å². The number of benzene rings is 1. The third-order valence-electron chi connectivity index (χ3n) is 3.14. The highest BCUT2D eigenvalue weighted by atomic mass is 127. The topological polar surface area (TPSA) is 73.3 Å². The molecule has 7 nitrogen and oxygen atoms in total. The molecule has 1 aromatic rings.